The lowest BCUT2D eigenvalue weighted by atomic mass is 9.99. The number of methoxy groups -OCH3 is 4. The van der Waals surface area contributed by atoms with Gasteiger partial charge in [-0.1, -0.05) is 23.4 Å². The van der Waals surface area contributed by atoms with Gasteiger partial charge in [0, 0.05) is 12.0 Å². The number of amides is 1. The Morgan fingerprint density at radius 2 is 1.72 bits per heavy atom. The second kappa shape index (κ2) is 11.5. The maximum Gasteiger partial charge on any atom is 0.345 e. The van der Waals surface area contributed by atoms with Crippen molar-refractivity contribution in [2.75, 3.05) is 40.4 Å². The number of anilines is 1. The normalized spacial score (nSPS) is 14.4. The molecular formula is C28H28N3O7S+. The molecule has 0 bridgehead atoms. The van der Waals surface area contributed by atoms with E-state index in [9.17, 15) is 4.79 Å². The summed E-state index contributed by atoms with van der Waals surface area (Å²) in [4.78, 5) is 21.5. The van der Waals surface area contributed by atoms with Crippen LogP contribution in [0.2, 0.25) is 0 Å². The number of hydrogen-bond donors (Lipinski definition) is 1. The number of carbonyl (C=O) groups is 1. The van der Waals surface area contributed by atoms with Gasteiger partial charge in [-0.3, -0.25) is 0 Å². The Morgan fingerprint density at radius 1 is 0.974 bits per heavy atom. The minimum Gasteiger partial charge on any atom is -0.493 e. The fourth-order valence-electron chi connectivity index (χ4n) is 4.26. The van der Waals surface area contributed by atoms with Crippen LogP contribution in [-0.4, -0.2) is 46.7 Å². The first-order valence-corrected chi connectivity index (χ1v) is 12.9. The zero-order chi connectivity index (χ0) is 27.4. The molecule has 5 rings (SSSR count). The van der Waals surface area contributed by atoms with Crippen molar-refractivity contribution in [2.45, 2.75) is 12.5 Å². The lowest BCUT2D eigenvalue weighted by Gasteiger charge is -2.15. The number of hydrogen-bond acceptors (Lipinski definition) is 9. The predicted octanol–water partition coefficient (Wildman–Crippen LogP) is 4.63. The van der Waals surface area contributed by atoms with Gasteiger partial charge in [-0.05, 0) is 53.3 Å². The van der Waals surface area contributed by atoms with Gasteiger partial charge in [0.05, 0.1) is 38.9 Å². The van der Waals surface area contributed by atoms with Crippen LogP contribution in [0.4, 0.5) is 5.13 Å². The van der Waals surface area contributed by atoms with E-state index in [4.69, 9.17) is 28.5 Å². The Labute approximate surface area is 229 Å². The molecule has 39 heavy (non-hydrogen) atoms. The van der Waals surface area contributed by atoms with E-state index in [0.29, 0.717) is 40.3 Å². The lowest BCUT2D eigenvalue weighted by Crippen LogP contribution is -2.23. The number of rotatable bonds is 10. The van der Waals surface area contributed by atoms with E-state index in [1.807, 2.05) is 42.5 Å². The Hall–Kier alpha value is -4.51. The molecule has 0 fully saturated rings. The molecule has 10 nitrogen and oxygen atoms in total. The summed E-state index contributed by atoms with van der Waals surface area (Å²) in [6.07, 6.45) is 0.154. The third kappa shape index (κ3) is 5.53. The monoisotopic (exact) mass is 550 g/mol. The topological polar surface area (TPSA) is 111 Å². The van der Waals surface area contributed by atoms with E-state index in [0.717, 1.165) is 27.1 Å². The zero-order valence-corrected chi connectivity index (χ0v) is 22.7. The third-order valence-electron chi connectivity index (χ3n) is 6.19. The van der Waals surface area contributed by atoms with Crippen molar-refractivity contribution in [3.63, 3.8) is 0 Å². The number of benzene rings is 3. The fourth-order valence-corrected chi connectivity index (χ4v) is 5.18. The average molecular weight is 551 g/mol. The first kappa shape index (κ1) is 26.1. The van der Waals surface area contributed by atoms with E-state index >= 15 is 0 Å². The van der Waals surface area contributed by atoms with Crippen molar-refractivity contribution in [2.24, 2.45) is 5.16 Å². The van der Waals surface area contributed by atoms with Gasteiger partial charge in [0.1, 0.15) is 5.52 Å². The summed E-state index contributed by atoms with van der Waals surface area (Å²) in [5, 5.41) is 7.79. The molecule has 3 aromatic carbocycles. The quantitative estimate of drug-likeness (QED) is 0.306. The largest absolute Gasteiger partial charge is 0.493 e. The van der Waals surface area contributed by atoms with Gasteiger partial charge in [-0.25, -0.2) is 9.78 Å². The number of nitrogens with zero attached hydrogens (tertiary/aromatic N) is 1. The molecule has 202 valence electrons. The lowest BCUT2D eigenvalue weighted by molar-refractivity contribution is -0.321. The summed E-state index contributed by atoms with van der Waals surface area (Å²) in [7, 11) is 6.24. The van der Waals surface area contributed by atoms with Crippen molar-refractivity contribution < 1.29 is 38.3 Å². The number of ether oxygens (including phenoxy) is 5. The SMILES string of the molecule is COc1ccc(C2CC(c3cc(OC)c(OC)c(OC)c3)=NO2)cc1OCC(=O)Nc1[nH+]c2ccccc2s1. The van der Waals surface area contributed by atoms with Crippen LogP contribution in [0.3, 0.4) is 0 Å². The van der Waals surface area contributed by atoms with Gasteiger partial charge < -0.3 is 28.5 Å². The van der Waals surface area contributed by atoms with Gasteiger partial charge in [-0.2, -0.15) is 5.32 Å². The van der Waals surface area contributed by atoms with Crippen LogP contribution in [0.1, 0.15) is 23.7 Å². The van der Waals surface area contributed by atoms with E-state index in [1.54, 1.807) is 40.6 Å². The van der Waals surface area contributed by atoms with E-state index < -0.39 is 0 Å². The number of fused-ring (bicyclic) bond motifs is 1. The van der Waals surface area contributed by atoms with E-state index in [1.165, 1.54) is 11.3 Å². The number of thiazole rings is 1. The Morgan fingerprint density at radius 3 is 2.41 bits per heavy atom. The number of carbonyl (C=O) groups excluding carboxylic acids is 1. The highest BCUT2D eigenvalue weighted by atomic mass is 32.1. The summed E-state index contributed by atoms with van der Waals surface area (Å²) in [6.45, 7) is -0.194. The molecule has 1 amide bonds. The zero-order valence-electron chi connectivity index (χ0n) is 21.9. The molecule has 2 heterocycles. The van der Waals surface area contributed by atoms with Crippen molar-refractivity contribution in [3.05, 3.63) is 65.7 Å². The maximum atomic E-state index is 12.6. The molecule has 2 N–H and O–H groups in total. The van der Waals surface area contributed by atoms with E-state index in [-0.39, 0.29) is 18.6 Å². The summed E-state index contributed by atoms with van der Waals surface area (Å²) < 4.78 is 28.7. The van der Waals surface area contributed by atoms with Crippen molar-refractivity contribution in [1.29, 1.82) is 0 Å². The van der Waals surface area contributed by atoms with Crippen LogP contribution in [0.25, 0.3) is 10.2 Å². The smallest absolute Gasteiger partial charge is 0.345 e. The molecule has 1 aliphatic heterocycles. The molecule has 1 aromatic heterocycles. The average Bonchev–Trinajstić information content (AvgIpc) is 3.62. The number of aromatic nitrogens is 1. The number of oxime groups is 1. The van der Waals surface area contributed by atoms with Crippen LogP contribution < -0.4 is 34.0 Å². The minimum atomic E-state index is -0.352. The second-order valence-electron chi connectivity index (χ2n) is 8.55. The molecule has 0 spiro atoms. The summed E-state index contributed by atoms with van der Waals surface area (Å²) in [6, 6.07) is 17.0. The summed E-state index contributed by atoms with van der Waals surface area (Å²) >= 11 is 1.46. The molecule has 0 saturated heterocycles. The van der Waals surface area contributed by atoms with Crippen LogP contribution in [-0.2, 0) is 9.63 Å². The number of para-hydroxylation sites is 1. The second-order valence-corrected chi connectivity index (χ2v) is 9.60. The molecule has 0 radical (unpaired) electrons. The Bertz CT molecular complexity index is 1480. The van der Waals surface area contributed by atoms with E-state index in [2.05, 4.69) is 15.5 Å². The molecular weight excluding hydrogens is 522 g/mol. The Kier molecular flexibility index (Phi) is 7.69. The number of H-pyrrole nitrogens is 1. The van der Waals surface area contributed by atoms with Gasteiger partial charge in [0.15, 0.2) is 35.7 Å². The summed E-state index contributed by atoms with van der Waals surface area (Å²) in [5.41, 5.74) is 3.32. The van der Waals surface area contributed by atoms with Gasteiger partial charge in [0.25, 0.3) is 0 Å². The maximum absolute atomic E-state index is 12.6. The highest BCUT2D eigenvalue weighted by Crippen LogP contribution is 2.41. The van der Waals surface area contributed by atoms with Gasteiger partial charge >= 0.3 is 11.0 Å². The van der Waals surface area contributed by atoms with Gasteiger partial charge in [0.2, 0.25) is 5.75 Å². The number of nitrogens with one attached hydrogen (secondary N) is 2. The molecule has 1 atom stereocenters. The van der Waals surface area contributed by atoms with Crippen LogP contribution in [0.5, 0.6) is 28.7 Å². The first-order valence-electron chi connectivity index (χ1n) is 12.1. The van der Waals surface area contributed by atoms with Crippen LogP contribution >= 0.6 is 11.3 Å². The molecule has 1 aliphatic rings. The van der Waals surface area contributed by atoms with Gasteiger partial charge in [-0.15, -0.1) is 0 Å². The molecule has 11 heteroatoms. The van der Waals surface area contributed by atoms with Crippen LogP contribution in [0.15, 0.2) is 59.8 Å². The fraction of sp³-hybridized carbons (Fsp3) is 0.250. The third-order valence-corrected chi connectivity index (χ3v) is 7.17. The van der Waals surface area contributed by atoms with Crippen molar-refractivity contribution >= 4 is 38.3 Å². The highest BCUT2D eigenvalue weighted by molar-refractivity contribution is 7.21. The molecule has 0 saturated carbocycles. The molecule has 1 unspecified atom stereocenters. The summed E-state index contributed by atoms with van der Waals surface area (Å²) in [5.74, 6) is 2.20. The Balaban J connectivity index is 1.27. The van der Waals surface area contributed by atoms with Crippen molar-refractivity contribution in [3.8, 4) is 28.7 Å². The van der Waals surface area contributed by atoms with Crippen LogP contribution in [0, 0.1) is 0 Å². The molecule has 0 aliphatic carbocycles. The standard InChI is InChI=1S/C28H27N3O7S/c1-33-20-10-9-16(11-22(20)37-15-26(32)30-28-29-18-7-5-6-8-25(18)39-28)21-14-19(31-38-21)17-12-23(34-2)27(36-4)24(13-17)35-3/h5-13,21H,14-15H2,1-4H3,(H,29,30,32)/p+1. The minimum absolute atomic E-state index is 0.194. The molecule has 4 aromatic rings. The number of aromatic amines is 1. The highest BCUT2D eigenvalue weighted by Gasteiger charge is 2.27. The predicted molar refractivity (Wildman–Crippen MR) is 147 cm³/mol. The van der Waals surface area contributed by atoms with Crippen molar-refractivity contribution in [1.82, 2.24) is 0 Å². The first-order chi connectivity index (χ1) is 19.0.